The first kappa shape index (κ1) is 34.1. The molecule has 3 aliphatic rings. The molecular formula is C33H47ClN4O5S. The fourth-order valence-electron chi connectivity index (χ4n) is 6.98. The highest BCUT2D eigenvalue weighted by molar-refractivity contribution is 7.92. The van der Waals surface area contributed by atoms with Crippen molar-refractivity contribution < 1.29 is 22.7 Å². The van der Waals surface area contributed by atoms with Gasteiger partial charge in [-0.25, -0.2) is 8.42 Å². The number of anilines is 1. The lowest BCUT2D eigenvalue weighted by Crippen LogP contribution is -2.67. The molecule has 2 aromatic rings. The third kappa shape index (κ3) is 8.88. The van der Waals surface area contributed by atoms with E-state index in [0.29, 0.717) is 23.1 Å². The third-order valence-corrected chi connectivity index (χ3v) is 9.70. The number of hydrogen-bond acceptors (Lipinski definition) is 6. The highest BCUT2D eigenvalue weighted by Gasteiger charge is 2.46. The van der Waals surface area contributed by atoms with Gasteiger partial charge in [0.15, 0.2) is 0 Å². The summed E-state index contributed by atoms with van der Waals surface area (Å²) in [6.07, 6.45) is 9.74. The third-order valence-electron chi connectivity index (χ3n) is 9.09. The Hall–Kier alpha value is -2.82. The number of benzene rings is 2. The number of nitrogens with zero attached hydrogens (tertiary/aromatic N) is 2. The molecule has 3 fully saturated rings. The molecule has 2 amide bonds. The number of ether oxygens (including phenoxy) is 1. The average molecular weight is 647 g/mol. The maximum Gasteiger partial charge on any atom is 0.246 e. The second kappa shape index (κ2) is 15.0. The number of carbonyl (C=O) groups excluding carboxylic acids is 2. The predicted octanol–water partition coefficient (Wildman–Crippen LogP) is 5.56. The Balaban J connectivity index is 0.00000442. The molecule has 9 nitrogen and oxygen atoms in total. The monoisotopic (exact) mass is 646 g/mol. The van der Waals surface area contributed by atoms with E-state index in [1.54, 1.807) is 24.3 Å². The Bertz CT molecular complexity index is 1360. The number of nitrogens with one attached hydrogen (secondary N) is 2. The van der Waals surface area contributed by atoms with Crippen molar-refractivity contribution in [3.8, 4) is 11.5 Å². The highest BCUT2D eigenvalue weighted by Crippen LogP contribution is 2.33. The Labute approximate surface area is 268 Å². The zero-order valence-corrected chi connectivity index (χ0v) is 27.7. The summed E-state index contributed by atoms with van der Waals surface area (Å²) >= 11 is 0. The number of halogens is 1. The van der Waals surface area contributed by atoms with Crippen molar-refractivity contribution in [1.29, 1.82) is 0 Å². The Morgan fingerprint density at radius 2 is 1.50 bits per heavy atom. The molecule has 1 unspecified atom stereocenters. The molecule has 0 aromatic heterocycles. The minimum Gasteiger partial charge on any atom is -0.457 e. The van der Waals surface area contributed by atoms with Crippen LogP contribution in [0.15, 0.2) is 48.5 Å². The number of sulfonamides is 1. The Kier molecular flexibility index (Phi) is 11.6. The van der Waals surface area contributed by atoms with Gasteiger partial charge < -0.3 is 15.0 Å². The molecule has 44 heavy (non-hydrogen) atoms. The molecule has 2 saturated heterocycles. The van der Waals surface area contributed by atoms with Crippen molar-refractivity contribution in [1.82, 2.24) is 15.1 Å². The largest absolute Gasteiger partial charge is 0.457 e. The lowest BCUT2D eigenvalue weighted by Gasteiger charge is -2.47. The molecule has 2 atom stereocenters. The summed E-state index contributed by atoms with van der Waals surface area (Å²) in [7, 11) is -3.32. The van der Waals surface area contributed by atoms with Gasteiger partial charge in [0.05, 0.1) is 6.26 Å². The molecule has 1 saturated carbocycles. The predicted molar refractivity (Wildman–Crippen MR) is 176 cm³/mol. The minimum absolute atomic E-state index is 0. The van der Waals surface area contributed by atoms with Gasteiger partial charge in [-0.3, -0.25) is 19.2 Å². The van der Waals surface area contributed by atoms with Crippen LogP contribution in [0.25, 0.3) is 0 Å². The van der Waals surface area contributed by atoms with E-state index in [-0.39, 0.29) is 48.3 Å². The fourth-order valence-corrected chi connectivity index (χ4v) is 7.55. The van der Waals surface area contributed by atoms with Crippen molar-refractivity contribution in [3.05, 3.63) is 54.1 Å². The van der Waals surface area contributed by atoms with Gasteiger partial charge in [-0.05, 0) is 100.0 Å². The number of piperazine rings is 1. The maximum absolute atomic E-state index is 13.6. The lowest BCUT2D eigenvalue weighted by atomic mass is 9.81. The zero-order chi connectivity index (χ0) is 30.6. The Morgan fingerprint density at radius 3 is 2.07 bits per heavy atom. The number of amides is 2. The summed E-state index contributed by atoms with van der Waals surface area (Å²) < 4.78 is 31.2. The first-order valence-corrected chi connectivity index (χ1v) is 17.6. The van der Waals surface area contributed by atoms with E-state index in [9.17, 15) is 18.0 Å². The summed E-state index contributed by atoms with van der Waals surface area (Å²) in [5, 5.41) is 3.15. The maximum atomic E-state index is 13.6. The van der Waals surface area contributed by atoms with E-state index in [1.165, 1.54) is 37.7 Å². The van der Waals surface area contributed by atoms with Crippen LogP contribution in [0.2, 0.25) is 0 Å². The first-order chi connectivity index (χ1) is 20.6. The molecule has 0 spiro atoms. The van der Waals surface area contributed by atoms with Crippen molar-refractivity contribution in [3.63, 3.8) is 0 Å². The van der Waals surface area contributed by atoms with Crippen LogP contribution in [0.1, 0.15) is 70.8 Å². The molecule has 0 bridgehead atoms. The van der Waals surface area contributed by atoms with Crippen molar-refractivity contribution >= 4 is 39.9 Å². The van der Waals surface area contributed by atoms with Gasteiger partial charge >= 0.3 is 0 Å². The number of hydrogen-bond donors (Lipinski definition) is 2. The molecule has 2 aromatic carbocycles. The van der Waals surface area contributed by atoms with E-state index in [1.807, 2.05) is 30.9 Å². The van der Waals surface area contributed by atoms with Crippen molar-refractivity contribution in [2.45, 2.75) is 89.9 Å². The van der Waals surface area contributed by atoms with Crippen LogP contribution in [-0.4, -0.2) is 67.5 Å². The van der Waals surface area contributed by atoms with E-state index in [2.05, 4.69) is 27.1 Å². The second-order valence-corrected chi connectivity index (χ2v) is 14.6. The van der Waals surface area contributed by atoms with Crippen LogP contribution in [0, 0.1) is 11.8 Å². The molecular weight excluding hydrogens is 600 g/mol. The van der Waals surface area contributed by atoms with Crippen molar-refractivity contribution in [2.24, 2.45) is 11.8 Å². The summed E-state index contributed by atoms with van der Waals surface area (Å²) in [5.74, 6) is 2.16. The minimum atomic E-state index is -3.32. The van der Waals surface area contributed by atoms with Gasteiger partial charge in [0, 0.05) is 18.3 Å². The van der Waals surface area contributed by atoms with Crippen LogP contribution >= 0.6 is 12.4 Å². The van der Waals surface area contributed by atoms with E-state index in [4.69, 9.17) is 4.74 Å². The number of piperidine rings is 1. The summed E-state index contributed by atoms with van der Waals surface area (Å²) in [5.41, 5.74) is 1.67. The topological polar surface area (TPSA) is 108 Å². The van der Waals surface area contributed by atoms with Gasteiger partial charge in [-0.2, -0.15) is 0 Å². The van der Waals surface area contributed by atoms with Gasteiger partial charge in [-0.15, -0.1) is 12.4 Å². The number of likely N-dealkylation sites (tertiary alicyclic amines) is 1. The van der Waals surface area contributed by atoms with E-state index in [0.717, 1.165) is 45.2 Å². The molecule has 2 heterocycles. The van der Waals surface area contributed by atoms with Crippen LogP contribution < -0.4 is 14.8 Å². The van der Waals surface area contributed by atoms with Gasteiger partial charge in [0.25, 0.3) is 0 Å². The van der Waals surface area contributed by atoms with Crippen LogP contribution in [-0.2, 0) is 26.2 Å². The molecule has 242 valence electrons. The molecule has 2 aliphatic heterocycles. The van der Waals surface area contributed by atoms with E-state index >= 15 is 0 Å². The number of rotatable bonds is 10. The lowest BCUT2D eigenvalue weighted by molar-refractivity contribution is -0.155. The van der Waals surface area contributed by atoms with Crippen LogP contribution in [0.3, 0.4) is 0 Å². The van der Waals surface area contributed by atoms with Crippen LogP contribution in [0.4, 0.5) is 5.69 Å². The smallest absolute Gasteiger partial charge is 0.246 e. The average Bonchev–Trinajstić information content (AvgIpc) is 2.97. The molecule has 11 heteroatoms. The normalized spacial score (nSPS) is 22.4. The van der Waals surface area contributed by atoms with Gasteiger partial charge in [-0.1, -0.05) is 44.2 Å². The van der Waals surface area contributed by atoms with Crippen LogP contribution in [0.5, 0.6) is 11.5 Å². The highest BCUT2D eigenvalue weighted by atomic mass is 35.5. The standard InChI is InChI=1S/C33H46N4O5S.ClH/c1-23(2)37-31(32(38)34-30(33(37)39)21-24-7-5-4-6-8-24)26-17-19-36(20-18-26)22-25-9-13-28(14-10-25)42-29-15-11-27(12-16-29)35-43(3,40)41;/h9-16,23-24,26,30-31,35H,4-8,17-22H2,1-3H3,(H,34,38);1H/t30-,31?;/m0./s1. The summed E-state index contributed by atoms with van der Waals surface area (Å²) in [6.45, 7) is 6.65. The SMILES string of the molecule is CC(C)N1C(=O)[C@H](CC2CCCCC2)NC(=O)C1C1CCN(Cc2ccc(Oc3ccc(NS(C)(=O)=O)cc3)cc2)CC1.Cl. The summed E-state index contributed by atoms with van der Waals surface area (Å²) in [4.78, 5) is 31.4. The van der Waals surface area contributed by atoms with Gasteiger partial charge in [0.1, 0.15) is 23.6 Å². The molecule has 0 radical (unpaired) electrons. The molecule has 5 rings (SSSR count). The fraction of sp³-hybridized carbons (Fsp3) is 0.576. The van der Waals surface area contributed by atoms with Gasteiger partial charge in [0.2, 0.25) is 21.8 Å². The Morgan fingerprint density at radius 1 is 0.909 bits per heavy atom. The quantitative estimate of drug-likeness (QED) is 0.350. The molecule has 1 aliphatic carbocycles. The second-order valence-electron chi connectivity index (χ2n) is 12.8. The van der Waals surface area contributed by atoms with Crippen molar-refractivity contribution in [2.75, 3.05) is 24.1 Å². The zero-order valence-electron chi connectivity index (χ0n) is 26.0. The van der Waals surface area contributed by atoms with E-state index < -0.39 is 10.0 Å². The molecule has 2 N–H and O–H groups in total. The first-order valence-electron chi connectivity index (χ1n) is 15.8. The summed E-state index contributed by atoms with van der Waals surface area (Å²) in [6, 6.07) is 14.0. The number of carbonyl (C=O) groups is 2.